The molecule has 1 aromatic carbocycles. The van der Waals surface area contributed by atoms with Gasteiger partial charge >= 0.3 is 5.97 Å². The zero-order valence-corrected chi connectivity index (χ0v) is 10.9. The monoisotopic (exact) mass is 276 g/mol. The second kappa shape index (κ2) is 5.73. The van der Waals surface area contributed by atoms with Gasteiger partial charge in [-0.25, -0.2) is 0 Å². The third-order valence-electron chi connectivity index (χ3n) is 3.21. The van der Waals surface area contributed by atoms with Gasteiger partial charge in [-0.2, -0.15) is 0 Å². The van der Waals surface area contributed by atoms with E-state index in [1.807, 2.05) is 0 Å². The smallest absolute Gasteiger partial charge is 0.323 e. The Hall–Kier alpha value is -2.37. The lowest BCUT2D eigenvalue weighted by atomic mass is 10.1. The number of rotatable bonds is 6. The molecule has 2 amide bonds. The fourth-order valence-electron chi connectivity index (χ4n) is 1.95. The van der Waals surface area contributed by atoms with Crippen LogP contribution in [-0.4, -0.2) is 40.9 Å². The highest BCUT2D eigenvalue weighted by Crippen LogP contribution is 2.30. The van der Waals surface area contributed by atoms with Gasteiger partial charge in [-0.3, -0.25) is 14.4 Å². The Morgan fingerprint density at radius 1 is 1.15 bits per heavy atom. The van der Waals surface area contributed by atoms with Crippen molar-refractivity contribution >= 4 is 17.8 Å². The number of carbonyl (C=O) groups is 3. The Kier molecular flexibility index (Phi) is 4.02. The molecule has 2 rings (SSSR count). The van der Waals surface area contributed by atoms with Crippen LogP contribution in [0.25, 0.3) is 0 Å². The number of hydrogen-bond acceptors (Lipinski definition) is 3. The Balaban J connectivity index is 2.12. The maximum absolute atomic E-state index is 12.3. The predicted octanol–water partition coefficient (Wildman–Crippen LogP) is 0.722. The van der Waals surface area contributed by atoms with E-state index < -0.39 is 11.9 Å². The molecule has 0 aliphatic heterocycles. The Bertz CT molecular complexity index is 535. The van der Waals surface area contributed by atoms with Gasteiger partial charge < -0.3 is 15.7 Å². The van der Waals surface area contributed by atoms with Crippen LogP contribution in [0.4, 0.5) is 0 Å². The molecule has 0 saturated heterocycles. The molecular formula is C14H16N2O4. The maximum Gasteiger partial charge on any atom is 0.323 e. The molecule has 1 aliphatic carbocycles. The Labute approximate surface area is 116 Å². The first-order valence-corrected chi connectivity index (χ1v) is 6.38. The standard InChI is InChI=1S/C14H16N2O4/c15-13(19)10-3-5-11(6-4-10)14(20)16(8-12(17)18)7-9-1-2-9/h3-6,9H,1-2,7-8H2,(H2,15,19)(H,17,18). The van der Waals surface area contributed by atoms with Gasteiger partial charge in [0.15, 0.2) is 0 Å². The molecule has 106 valence electrons. The summed E-state index contributed by atoms with van der Waals surface area (Å²) < 4.78 is 0. The van der Waals surface area contributed by atoms with Gasteiger partial charge in [0.05, 0.1) is 0 Å². The summed E-state index contributed by atoms with van der Waals surface area (Å²) in [5.74, 6) is -1.53. The molecule has 1 aromatic rings. The minimum atomic E-state index is -1.03. The summed E-state index contributed by atoms with van der Waals surface area (Å²) >= 11 is 0. The van der Waals surface area contributed by atoms with Crippen LogP contribution in [0.15, 0.2) is 24.3 Å². The van der Waals surface area contributed by atoms with Gasteiger partial charge in [0.1, 0.15) is 6.54 Å². The maximum atomic E-state index is 12.3. The van der Waals surface area contributed by atoms with Gasteiger partial charge in [-0.1, -0.05) is 0 Å². The van der Waals surface area contributed by atoms with Gasteiger partial charge in [-0.05, 0) is 43.0 Å². The van der Waals surface area contributed by atoms with E-state index in [0.717, 1.165) is 12.8 Å². The van der Waals surface area contributed by atoms with Crippen molar-refractivity contribution in [3.05, 3.63) is 35.4 Å². The highest BCUT2D eigenvalue weighted by atomic mass is 16.4. The van der Waals surface area contributed by atoms with Gasteiger partial charge in [0, 0.05) is 17.7 Å². The van der Waals surface area contributed by atoms with Crippen LogP contribution >= 0.6 is 0 Å². The van der Waals surface area contributed by atoms with Gasteiger partial charge in [0.2, 0.25) is 5.91 Å². The summed E-state index contributed by atoms with van der Waals surface area (Å²) in [7, 11) is 0. The average molecular weight is 276 g/mol. The van der Waals surface area contributed by atoms with Crippen molar-refractivity contribution in [2.24, 2.45) is 11.7 Å². The lowest BCUT2D eigenvalue weighted by Crippen LogP contribution is -2.37. The molecule has 3 N–H and O–H groups in total. The number of carboxylic acids is 1. The van der Waals surface area contributed by atoms with E-state index in [-0.39, 0.29) is 12.5 Å². The van der Waals surface area contributed by atoms with E-state index >= 15 is 0 Å². The molecule has 1 saturated carbocycles. The lowest BCUT2D eigenvalue weighted by Gasteiger charge is -2.20. The van der Waals surface area contributed by atoms with Crippen molar-refractivity contribution in [2.75, 3.05) is 13.1 Å². The van der Waals surface area contributed by atoms with Gasteiger partial charge in [-0.15, -0.1) is 0 Å². The second-order valence-electron chi connectivity index (χ2n) is 4.96. The van der Waals surface area contributed by atoms with Crippen molar-refractivity contribution in [1.82, 2.24) is 4.90 Å². The van der Waals surface area contributed by atoms with Crippen LogP contribution in [-0.2, 0) is 4.79 Å². The summed E-state index contributed by atoms with van der Waals surface area (Å²) in [5.41, 5.74) is 5.80. The first-order valence-electron chi connectivity index (χ1n) is 6.38. The molecule has 0 unspecified atom stereocenters. The van der Waals surface area contributed by atoms with E-state index in [0.29, 0.717) is 23.6 Å². The van der Waals surface area contributed by atoms with Gasteiger partial charge in [0.25, 0.3) is 5.91 Å². The second-order valence-corrected chi connectivity index (χ2v) is 4.96. The largest absolute Gasteiger partial charge is 0.480 e. The number of carbonyl (C=O) groups excluding carboxylic acids is 2. The highest BCUT2D eigenvalue weighted by molar-refractivity contribution is 5.98. The molecule has 1 fully saturated rings. The van der Waals surface area contributed by atoms with Crippen molar-refractivity contribution < 1.29 is 19.5 Å². The van der Waals surface area contributed by atoms with Crippen LogP contribution in [0.3, 0.4) is 0 Å². The van der Waals surface area contributed by atoms with Crippen molar-refractivity contribution in [3.63, 3.8) is 0 Å². The summed E-state index contributed by atoms with van der Waals surface area (Å²) in [4.78, 5) is 35.4. The van der Waals surface area contributed by atoms with Crippen LogP contribution in [0, 0.1) is 5.92 Å². The predicted molar refractivity (Wildman–Crippen MR) is 71.2 cm³/mol. The molecule has 6 nitrogen and oxygen atoms in total. The van der Waals surface area contributed by atoms with Crippen molar-refractivity contribution in [2.45, 2.75) is 12.8 Å². The molecule has 0 heterocycles. The topological polar surface area (TPSA) is 101 Å². The fraction of sp³-hybridized carbons (Fsp3) is 0.357. The summed E-state index contributed by atoms with van der Waals surface area (Å²) in [6.45, 7) is 0.148. The van der Waals surface area contributed by atoms with Crippen LogP contribution < -0.4 is 5.73 Å². The molecular weight excluding hydrogens is 260 g/mol. The first kappa shape index (κ1) is 14.0. The minimum absolute atomic E-state index is 0.313. The zero-order valence-electron chi connectivity index (χ0n) is 10.9. The zero-order chi connectivity index (χ0) is 14.7. The van der Waals surface area contributed by atoms with E-state index in [2.05, 4.69) is 0 Å². The van der Waals surface area contributed by atoms with Crippen molar-refractivity contribution in [3.8, 4) is 0 Å². The SMILES string of the molecule is NC(=O)c1ccc(C(=O)N(CC(=O)O)CC2CC2)cc1. The minimum Gasteiger partial charge on any atom is -0.480 e. The summed E-state index contributed by atoms with van der Waals surface area (Å²) in [6.07, 6.45) is 2.06. The lowest BCUT2D eigenvalue weighted by molar-refractivity contribution is -0.137. The number of nitrogens with two attached hydrogens (primary N) is 1. The number of carboxylic acid groups (broad SMARTS) is 1. The third kappa shape index (κ3) is 3.57. The van der Waals surface area contributed by atoms with Crippen LogP contribution in [0.2, 0.25) is 0 Å². The number of aliphatic carboxylic acids is 1. The number of primary amides is 1. The third-order valence-corrected chi connectivity index (χ3v) is 3.21. The number of nitrogens with zero attached hydrogens (tertiary/aromatic N) is 1. The average Bonchev–Trinajstić information content (AvgIpc) is 3.20. The Morgan fingerprint density at radius 3 is 2.15 bits per heavy atom. The first-order chi connectivity index (χ1) is 9.47. The van der Waals surface area contributed by atoms with E-state index in [1.54, 1.807) is 0 Å². The molecule has 0 bridgehead atoms. The number of hydrogen-bond donors (Lipinski definition) is 2. The van der Waals surface area contributed by atoms with Crippen molar-refractivity contribution in [1.29, 1.82) is 0 Å². The van der Waals surface area contributed by atoms with E-state index in [9.17, 15) is 14.4 Å². The van der Waals surface area contributed by atoms with Crippen LogP contribution in [0.1, 0.15) is 33.6 Å². The molecule has 6 heteroatoms. The Morgan fingerprint density at radius 2 is 1.70 bits per heavy atom. The summed E-state index contributed by atoms with van der Waals surface area (Å²) in [5, 5.41) is 8.87. The van der Waals surface area contributed by atoms with E-state index in [4.69, 9.17) is 10.8 Å². The molecule has 1 aliphatic rings. The summed E-state index contributed by atoms with van der Waals surface area (Å²) in [6, 6.07) is 5.91. The normalized spacial score (nSPS) is 13.8. The highest BCUT2D eigenvalue weighted by Gasteiger charge is 2.28. The molecule has 0 aromatic heterocycles. The van der Waals surface area contributed by atoms with Crippen LogP contribution in [0.5, 0.6) is 0 Å². The van der Waals surface area contributed by atoms with E-state index in [1.165, 1.54) is 29.2 Å². The quantitative estimate of drug-likeness (QED) is 0.799. The molecule has 0 spiro atoms. The molecule has 20 heavy (non-hydrogen) atoms. The number of amides is 2. The molecule has 0 atom stereocenters. The molecule has 0 radical (unpaired) electrons. The number of benzene rings is 1. The fourth-order valence-corrected chi connectivity index (χ4v) is 1.95.